The van der Waals surface area contributed by atoms with E-state index in [1.54, 1.807) is 12.1 Å². The van der Waals surface area contributed by atoms with Crippen LogP contribution in [0.4, 0.5) is 5.69 Å². The van der Waals surface area contributed by atoms with Gasteiger partial charge in [-0.3, -0.25) is 4.79 Å². The number of benzene rings is 2. The number of anilines is 1. The van der Waals surface area contributed by atoms with E-state index in [1.807, 2.05) is 24.3 Å². The van der Waals surface area contributed by atoms with E-state index in [4.69, 9.17) is 5.11 Å². The molecule has 2 aromatic carbocycles. The second-order valence-electron chi connectivity index (χ2n) is 5.59. The van der Waals surface area contributed by atoms with Crippen molar-refractivity contribution < 1.29 is 15.0 Å². The first-order chi connectivity index (χ1) is 13.0. The normalized spacial score (nSPS) is 9.93. The van der Waals surface area contributed by atoms with Crippen LogP contribution in [0.3, 0.4) is 0 Å². The van der Waals surface area contributed by atoms with Gasteiger partial charge in [-0.2, -0.15) is 0 Å². The van der Waals surface area contributed by atoms with Crippen molar-refractivity contribution in [1.29, 1.82) is 0 Å². The van der Waals surface area contributed by atoms with Gasteiger partial charge in [0.1, 0.15) is 5.69 Å². The monoisotopic (exact) mass is 361 g/mol. The van der Waals surface area contributed by atoms with E-state index < -0.39 is 17.3 Å². The fourth-order valence-corrected chi connectivity index (χ4v) is 2.26. The van der Waals surface area contributed by atoms with Crippen molar-refractivity contribution in [3.63, 3.8) is 0 Å². The molecule has 0 radical (unpaired) electrons. The quantitative estimate of drug-likeness (QED) is 0.530. The number of rotatable bonds is 4. The largest absolute Gasteiger partial charge is 0.502 e. The number of hydrogen-bond donors (Lipinski definition) is 4. The predicted octanol–water partition coefficient (Wildman–Crippen LogP) is 2.19. The molecule has 134 valence electrons. The molecule has 0 aliphatic rings. The smallest absolute Gasteiger partial charge is 0.335 e. The third kappa shape index (κ3) is 4.52. The van der Waals surface area contributed by atoms with Crippen LogP contribution in [0.5, 0.6) is 5.75 Å². The molecule has 3 aromatic rings. The molecule has 3 rings (SSSR count). The molecule has 0 saturated carbocycles. The zero-order chi connectivity index (χ0) is 19.2. The van der Waals surface area contributed by atoms with Crippen molar-refractivity contribution in [2.45, 2.75) is 6.54 Å². The summed E-state index contributed by atoms with van der Waals surface area (Å²) in [5.41, 5.74) is 2.19. The van der Waals surface area contributed by atoms with Crippen LogP contribution in [0, 0.1) is 11.8 Å². The molecule has 1 aromatic heterocycles. The fraction of sp³-hybridized carbons (Fsp3) is 0.0500. The van der Waals surface area contributed by atoms with E-state index >= 15 is 0 Å². The lowest BCUT2D eigenvalue weighted by molar-refractivity contribution is 0.0697. The Labute approximate surface area is 154 Å². The molecule has 0 saturated heterocycles. The molecular weight excluding hydrogens is 346 g/mol. The zero-order valence-corrected chi connectivity index (χ0v) is 14.1. The lowest BCUT2D eigenvalue weighted by Crippen LogP contribution is -2.11. The number of carboxylic acid groups (broad SMARTS) is 1. The van der Waals surface area contributed by atoms with Crippen LogP contribution in [-0.2, 0) is 6.54 Å². The number of hydrogen-bond acceptors (Lipinski definition) is 5. The first kappa shape index (κ1) is 17.8. The van der Waals surface area contributed by atoms with Gasteiger partial charge >= 0.3 is 5.97 Å². The maximum atomic E-state index is 11.3. The van der Waals surface area contributed by atoms with Crippen molar-refractivity contribution in [3.05, 3.63) is 87.6 Å². The molecule has 0 aliphatic carbocycles. The highest BCUT2D eigenvalue weighted by atomic mass is 16.4. The van der Waals surface area contributed by atoms with Gasteiger partial charge in [-0.25, -0.2) is 9.78 Å². The summed E-state index contributed by atoms with van der Waals surface area (Å²) in [7, 11) is 0. The molecular formula is C20H15N3O4. The van der Waals surface area contributed by atoms with Crippen LogP contribution in [0.1, 0.15) is 27.2 Å². The Morgan fingerprint density at radius 3 is 2.22 bits per heavy atom. The molecule has 7 nitrogen and oxygen atoms in total. The predicted molar refractivity (Wildman–Crippen MR) is 99.7 cm³/mol. The lowest BCUT2D eigenvalue weighted by atomic mass is 10.1. The van der Waals surface area contributed by atoms with Gasteiger partial charge in [0.15, 0.2) is 0 Å². The molecule has 0 unspecified atom stereocenters. The Kier molecular flexibility index (Phi) is 5.19. The summed E-state index contributed by atoms with van der Waals surface area (Å²) in [5, 5.41) is 21.6. The molecule has 0 fully saturated rings. The van der Waals surface area contributed by atoms with Crippen molar-refractivity contribution >= 4 is 11.7 Å². The maximum absolute atomic E-state index is 11.3. The summed E-state index contributed by atoms with van der Waals surface area (Å²) < 4.78 is 0. The second kappa shape index (κ2) is 7.89. The van der Waals surface area contributed by atoms with E-state index in [1.165, 1.54) is 18.5 Å². The first-order valence-corrected chi connectivity index (χ1v) is 7.98. The molecule has 0 atom stereocenters. The highest BCUT2D eigenvalue weighted by Crippen LogP contribution is 2.13. The van der Waals surface area contributed by atoms with E-state index in [9.17, 15) is 14.7 Å². The second-order valence-corrected chi connectivity index (χ2v) is 5.59. The molecule has 1 heterocycles. The van der Waals surface area contributed by atoms with Crippen LogP contribution < -0.4 is 10.9 Å². The summed E-state index contributed by atoms with van der Waals surface area (Å²) >= 11 is 0. The Hall–Kier alpha value is -4.05. The summed E-state index contributed by atoms with van der Waals surface area (Å²) in [4.78, 5) is 28.4. The Balaban J connectivity index is 1.64. The number of aromatic hydroxyl groups is 1. The van der Waals surface area contributed by atoms with Crippen LogP contribution in [0.15, 0.2) is 59.7 Å². The SMILES string of the molecule is O=C(O)c1ccc(C#Cc2ccc(NCc3nc[nH]c(=O)c3O)cc2)cc1. The van der Waals surface area contributed by atoms with Gasteiger partial charge in [-0.1, -0.05) is 11.8 Å². The van der Waals surface area contributed by atoms with Gasteiger partial charge in [0.05, 0.1) is 18.4 Å². The topological polar surface area (TPSA) is 115 Å². The molecule has 7 heteroatoms. The highest BCUT2D eigenvalue weighted by molar-refractivity contribution is 5.87. The first-order valence-electron chi connectivity index (χ1n) is 7.98. The Morgan fingerprint density at radius 2 is 1.63 bits per heavy atom. The van der Waals surface area contributed by atoms with Crippen molar-refractivity contribution in [1.82, 2.24) is 9.97 Å². The van der Waals surface area contributed by atoms with E-state index in [0.717, 1.165) is 16.8 Å². The molecule has 4 N–H and O–H groups in total. The van der Waals surface area contributed by atoms with E-state index in [0.29, 0.717) is 0 Å². The van der Waals surface area contributed by atoms with Crippen LogP contribution in [-0.4, -0.2) is 26.2 Å². The number of carboxylic acids is 1. The van der Waals surface area contributed by atoms with Crippen molar-refractivity contribution in [3.8, 4) is 17.6 Å². The maximum Gasteiger partial charge on any atom is 0.335 e. The lowest BCUT2D eigenvalue weighted by Gasteiger charge is -2.06. The van der Waals surface area contributed by atoms with Crippen molar-refractivity contribution in [2.75, 3.05) is 5.32 Å². The summed E-state index contributed by atoms with van der Waals surface area (Å²) in [5.74, 6) is 4.61. The highest BCUT2D eigenvalue weighted by Gasteiger charge is 2.06. The summed E-state index contributed by atoms with van der Waals surface area (Å²) in [6.45, 7) is 0.205. The molecule has 0 aliphatic heterocycles. The Morgan fingerprint density at radius 1 is 1.04 bits per heavy atom. The number of nitrogens with zero attached hydrogens (tertiary/aromatic N) is 1. The van der Waals surface area contributed by atoms with Gasteiger partial charge in [-0.15, -0.1) is 0 Å². The fourth-order valence-electron chi connectivity index (χ4n) is 2.26. The summed E-state index contributed by atoms with van der Waals surface area (Å²) in [6.07, 6.45) is 1.24. The van der Waals surface area contributed by atoms with Crippen LogP contribution >= 0.6 is 0 Å². The zero-order valence-electron chi connectivity index (χ0n) is 14.1. The minimum atomic E-state index is -0.971. The number of H-pyrrole nitrogens is 1. The van der Waals surface area contributed by atoms with Gasteiger partial charge in [0.2, 0.25) is 5.75 Å². The molecule has 0 spiro atoms. The van der Waals surface area contributed by atoms with Gasteiger partial charge in [-0.05, 0) is 48.5 Å². The molecule has 0 amide bonds. The van der Waals surface area contributed by atoms with Gasteiger partial charge < -0.3 is 20.5 Å². The molecule has 27 heavy (non-hydrogen) atoms. The van der Waals surface area contributed by atoms with Crippen LogP contribution in [0.2, 0.25) is 0 Å². The van der Waals surface area contributed by atoms with E-state index in [2.05, 4.69) is 27.1 Å². The summed E-state index contributed by atoms with van der Waals surface area (Å²) in [6, 6.07) is 13.6. The Bertz CT molecular complexity index is 1080. The third-order valence-corrected chi connectivity index (χ3v) is 3.73. The van der Waals surface area contributed by atoms with Crippen LogP contribution in [0.25, 0.3) is 0 Å². The number of aromatic amines is 1. The average molecular weight is 361 g/mol. The number of carbonyl (C=O) groups is 1. The number of nitrogens with one attached hydrogen (secondary N) is 2. The van der Waals surface area contributed by atoms with Gasteiger partial charge in [0, 0.05) is 16.8 Å². The van der Waals surface area contributed by atoms with Crippen molar-refractivity contribution in [2.24, 2.45) is 0 Å². The standard InChI is InChI=1S/C20H15N3O4/c24-18-17(22-12-23-19(18)25)11-21-16-9-5-14(6-10-16)2-1-13-3-7-15(8-4-13)20(26)27/h3-10,12,21,24H,11H2,(H,26,27)(H,22,23,25). The van der Waals surface area contributed by atoms with Gasteiger partial charge in [0.25, 0.3) is 5.56 Å². The minimum absolute atomic E-state index is 0.205. The third-order valence-electron chi connectivity index (χ3n) is 3.73. The van der Waals surface area contributed by atoms with E-state index in [-0.39, 0.29) is 17.8 Å². The number of aromatic nitrogens is 2. The minimum Gasteiger partial charge on any atom is -0.502 e. The average Bonchev–Trinajstić information content (AvgIpc) is 2.68. The molecule has 0 bridgehead atoms. The number of aromatic carboxylic acids is 1.